The lowest BCUT2D eigenvalue weighted by Gasteiger charge is -2.09. The lowest BCUT2D eigenvalue weighted by molar-refractivity contribution is 0.0734. The Labute approximate surface area is 241 Å². The number of esters is 1. The van der Waals surface area contributed by atoms with Crippen LogP contribution in [0.1, 0.15) is 26.3 Å². The minimum atomic E-state index is -3.81. The van der Waals surface area contributed by atoms with Gasteiger partial charge in [-0.3, -0.25) is 9.52 Å². The number of carbonyl (C=O) groups is 2. The van der Waals surface area contributed by atoms with Crippen LogP contribution >= 0.6 is 11.6 Å². The highest BCUT2D eigenvalue weighted by Crippen LogP contribution is 2.28. The van der Waals surface area contributed by atoms with Crippen LogP contribution in [0.3, 0.4) is 0 Å². The molecule has 2 N–H and O–H groups in total. The molecular weight excluding hydrogens is 570 g/mol. The van der Waals surface area contributed by atoms with Crippen molar-refractivity contribution in [3.63, 3.8) is 0 Å². The summed E-state index contributed by atoms with van der Waals surface area (Å²) in [5, 5.41) is 4.36. The molecule has 4 aromatic carbocycles. The lowest BCUT2D eigenvalue weighted by Crippen LogP contribution is -2.18. The van der Waals surface area contributed by atoms with E-state index in [9.17, 15) is 18.0 Å². The Morgan fingerprint density at radius 2 is 1.44 bits per heavy atom. The molecule has 0 aliphatic rings. The number of methoxy groups -OCH3 is 2. The first-order valence-electron chi connectivity index (χ1n) is 11.9. The van der Waals surface area contributed by atoms with E-state index in [-0.39, 0.29) is 16.1 Å². The zero-order chi connectivity index (χ0) is 29.4. The third-order valence-electron chi connectivity index (χ3n) is 5.61. The minimum absolute atomic E-state index is 0.0576. The number of amides is 1. The van der Waals surface area contributed by atoms with Gasteiger partial charge in [-0.25, -0.2) is 18.6 Å². The second-order valence-corrected chi connectivity index (χ2v) is 10.5. The molecule has 0 radical (unpaired) electrons. The number of halogens is 1. The summed E-state index contributed by atoms with van der Waals surface area (Å²) in [4.78, 5) is 25.0. The number of anilines is 1. The molecule has 0 unspecified atom stereocenters. The standard InChI is InChI=1S/C29H24ClN3O7S/c1-38-26-16-7-21(17-27(26)39-2)29(35)40-24-12-3-19(4-13-24)18-31-32-28(34)20-5-10-23(11-6-20)33-41(36,37)25-14-8-22(30)9-15-25/h3-18,33H,1-2H3,(H,32,34)/b31-18+. The van der Waals surface area contributed by atoms with Crippen LogP contribution in [0.15, 0.2) is 101 Å². The van der Waals surface area contributed by atoms with Crippen molar-refractivity contribution in [1.82, 2.24) is 5.43 Å². The zero-order valence-electron chi connectivity index (χ0n) is 21.8. The fraction of sp³-hybridized carbons (Fsp3) is 0.0690. The van der Waals surface area contributed by atoms with Gasteiger partial charge in [0.2, 0.25) is 0 Å². The fourth-order valence-electron chi connectivity index (χ4n) is 3.50. The summed E-state index contributed by atoms with van der Waals surface area (Å²) in [5.74, 6) is 0.162. The third kappa shape index (κ3) is 7.62. The van der Waals surface area contributed by atoms with Crippen LogP contribution in [-0.4, -0.2) is 40.7 Å². The SMILES string of the molecule is COc1ccc(C(=O)Oc2ccc(/C=N/NC(=O)c3ccc(NS(=O)(=O)c4ccc(Cl)cc4)cc3)cc2)cc1OC. The van der Waals surface area contributed by atoms with Crippen molar-refractivity contribution in [2.75, 3.05) is 18.9 Å². The molecule has 0 heterocycles. The van der Waals surface area contributed by atoms with Crippen molar-refractivity contribution in [1.29, 1.82) is 0 Å². The van der Waals surface area contributed by atoms with Crippen molar-refractivity contribution in [2.24, 2.45) is 5.10 Å². The van der Waals surface area contributed by atoms with Crippen molar-refractivity contribution < 1.29 is 32.2 Å². The zero-order valence-corrected chi connectivity index (χ0v) is 23.4. The Hall–Kier alpha value is -4.87. The number of nitrogens with zero attached hydrogens (tertiary/aromatic N) is 1. The van der Waals surface area contributed by atoms with E-state index < -0.39 is 21.9 Å². The Balaban J connectivity index is 1.30. The largest absolute Gasteiger partial charge is 0.493 e. The quantitative estimate of drug-likeness (QED) is 0.113. The molecular formula is C29H24ClN3O7S. The van der Waals surface area contributed by atoms with Crippen LogP contribution in [0.25, 0.3) is 0 Å². The van der Waals surface area contributed by atoms with Crippen LogP contribution in [-0.2, 0) is 10.0 Å². The van der Waals surface area contributed by atoms with Crippen LogP contribution in [0.4, 0.5) is 5.69 Å². The normalized spacial score (nSPS) is 11.1. The van der Waals surface area contributed by atoms with Gasteiger partial charge < -0.3 is 14.2 Å². The van der Waals surface area contributed by atoms with Crippen molar-refractivity contribution in [2.45, 2.75) is 4.90 Å². The van der Waals surface area contributed by atoms with E-state index in [4.69, 9.17) is 25.8 Å². The summed E-state index contributed by atoms with van der Waals surface area (Å²) in [6.07, 6.45) is 1.42. The van der Waals surface area contributed by atoms with E-state index in [0.717, 1.165) is 0 Å². The molecule has 0 saturated carbocycles. The van der Waals surface area contributed by atoms with Gasteiger partial charge in [0.1, 0.15) is 5.75 Å². The van der Waals surface area contributed by atoms with Crippen molar-refractivity contribution in [3.05, 3.63) is 113 Å². The van der Waals surface area contributed by atoms with Crippen LogP contribution < -0.4 is 24.4 Å². The number of hydrazone groups is 1. The number of rotatable bonds is 10. The van der Waals surface area contributed by atoms with Crippen molar-refractivity contribution in [3.8, 4) is 17.2 Å². The Kier molecular flexibility index (Phi) is 9.23. The topological polar surface area (TPSA) is 132 Å². The van der Waals surface area contributed by atoms with Crippen LogP contribution in [0.2, 0.25) is 5.02 Å². The van der Waals surface area contributed by atoms with Gasteiger partial charge in [-0.1, -0.05) is 11.6 Å². The molecule has 10 nitrogen and oxygen atoms in total. The number of ether oxygens (including phenoxy) is 3. The highest BCUT2D eigenvalue weighted by molar-refractivity contribution is 7.92. The van der Waals surface area contributed by atoms with E-state index >= 15 is 0 Å². The van der Waals surface area contributed by atoms with E-state index in [1.165, 1.54) is 75.0 Å². The maximum atomic E-state index is 12.5. The number of hydrogen-bond donors (Lipinski definition) is 2. The molecule has 210 valence electrons. The molecule has 0 bridgehead atoms. The molecule has 0 aliphatic heterocycles. The molecule has 0 aromatic heterocycles. The van der Waals surface area contributed by atoms with Gasteiger partial charge in [-0.2, -0.15) is 5.10 Å². The molecule has 1 amide bonds. The molecule has 4 rings (SSSR count). The average Bonchev–Trinajstić information content (AvgIpc) is 2.98. The maximum absolute atomic E-state index is 12.5. The van der Waals surface area contributed by atoms with Gasteiger partial charge in [-0.15, -0.1) is 0 Å². The first kappa shape index (κ1) is 29.1. The van der Waals surface area contributed by atoms with Crippen LogP contribution in [0.5, 0.6) is 17.2 Å². The second-order valence-electron chi connectivity index (χ2n) is 8.36. The monoisotopic (exact) mass is 593 g/mol. The molecule has 4 aromatic rings. The summed E-state index contributed by atoms with van der Waals surface area (Å²) in [5.41, 5.74) is 3.90. The number of sulfonamides is 1. The molecule has 0 saturated heterocycles. The Bertz CT molecular complexity index is 1670. The molecule has 12 heteroatoms. The predicted molar refractivity (Wildman–Crippen MR) is 155 cm³/mol. The van der Waals surface area contributed by atoms with Crippen LogP contribution in [0, 0.1) is 0 Å². The Morgan fingerprint density at radius 3 is 2.07 bits per heavy atom. The number of benzene rings is 4. The van der Waals surface area contributed by atoms with E-state index in [1.54, 1.807) is 36.4 Å². The van der Waals surface area contributed by atoms with E-state index in [0.29, 0.717) is 33.4 Å². The van der Waals surface area contributed by atoms with Gasteiger partial charge in [-0.05, 0) is 96.6 Å². The Morgan fingerprint density at radius 1 is 0.805 bits per heavy atom. The third-order valence-corrected chi connectivity index (χ3v) is 7.26. The molecule has 41 heavy (non-hydrogen) atoms. The summed E-state index contributed by atoms with van der Waals surface area (Å²) in [7, 11) is -0.830. The van der Waals surface area contributed by atoms with Gasteiger partial charge in [0, 0.05) is 16.3 Å². The van der Waals surface area contributed by atoms with Gasteiger partial charge in [0.25, 0.3) is 15.9 Å². The first-order valence-corrected chi connectivity index (χ1v) is 13.8. The molecule has 0 atom stereocenters. The first-order chi connectivity index (χ1) is 19.7. The van der Waals surface area contributed by atoms with Gasteiger partial charge in [0.05, 0.1) is 30.9 Å². The summed E-state index contributed by atoms with van der Waals surface area (Å²) in [6, 6.07) is 22.8. The predicted octanol–water partition coefficient (Wildman–Crippen LogP) is 5.14. The number of hydrogen-bond acceptors (Lipinski definition) is 8. The molecule has 0 spiro atoms. The number of nitrogens with one attached hydrogen (secondary N) is 2. The van der Waals surface area contributed by atoms with Crippen molar-refractivity contribution >= 4 is 45.4 Å². The average molecular weight is 594 g/mol. The summed E-state index contributed by atoms with van der Waals surface area (Å²) in [6.45, 7) is 0. The smallest absolute Gasteiger partial charge is 0.343 e. The van der Waals surface area contributed by atoms with E-state index in [1.807, 2.05) is 0 Å². The summed E-state index contributed by atoms with van der Waals surface area (Å²) >= 11 is 5.81. The molecule has 0 fully saturated rings. The second kappa shape index (κ2) is 13.0. The minimum Gasteiger partial charge on any atom is -0.493 e. The van der Waals surface area contributed by atoms with Gasteiger partial charge in [0.15, 0.2) is 11.5 Å². The number of carbonyl (C=O) groups excluding carboxylic acids is 2. The molecule has 0 aliphatic carbocycles. The highest BCUT2D eigenvalue weighted by atomic mass is 35.5. The van der Waals surface area contributed by atoms with Gasteiger partial charge >= 0.3 is 5.97 Å². The summed E-state index contributed by atoms with van der Waals surface area (Å²) < 4.78 is 43.2. The van der Waals surface area contributed by atoms with E-state index in [2.05, 4.69) is 15.2 Å². The lowest BCUT2D eigenvalue weighted by atomic mass is 10.2. The fourth-order valence-corrected chi connectivity index (χ4v) is 4.68. The maximum Gasteiger partial charge on any atom is 0.343 e. The highest BCUT2D eigenvalue weighted by Gasteiger charge is 2.15.